The highest BCUT2D eigenvalue weighted by molar-refractivity contribution is 6.30. The molecule has 0 radical (unpaired) electrons. The van der Waals surface area contributed by atoms with Crippen molar-refractivity contribution in [2.75, 3.05) is 23.3 Å². The molecule has 118 valence electrons. The number of aryl methyl sites for hydroxylation is 1. The molecule has 1 aliphatic heterocycles. The SMILES string of the molecule is Cc1cc(Cl)ccc1NC(=O)CN1CC(=O)Oc2ccccc21. The molecule has 5 nitrogen and oxygen atoms in total. The third-order valence-corrected chi connectivity index (χ3v) is 3.78. The van der Waals surface area contributed by atoms with E-state index in [0.717, 1.165) is 11.3 Å². The number of carbonyl (C=O) groups excluding carboxylic acids is 2. The molecule has 0 aliphatic carbocycles. The fourth-order valence-corrected chi connectivity index (χ4v) is 2.70. The molecule has 2 aromatic rings. The van der Waals surface area contributed by atoms with Crippen molar-refractivity contribution in [2.24, 2.45) is 0 Å². The van der Waals surface area contributed by atoms with Crippen molar-refractivity contribution in [3.05, 3.63) is 53.1 Å². The number of fused-ring (bicyclic) bond motifs is 1. The van der Waals surface area contributed by atoms with Gasteiger partial charge in [-0.3, -0.25) is 4.79 Å². The Labute approximate surface area is 138 Å². The number of amides is 1. The quantitative estimate of drug-likeness (QED) is 0.694. The molecule has 0 atom stereocenters. The minimum Gasteiger partial charge on any atom is -0.423 e. The van der Waals surface area contributed by atoms with Gasteiger partial charge in [0.05, 0.1) is 12.2 Å². The highest BCUT2D eigenvalue weighted by atomic mass is 35.5. The molecule has 0 unspecified atom stereocenters. The maximum Gasteiger partial charge on any atom is 0.331 e. The van der Waals surface area contributed by atoms with Gasteiger partial charge in [-0.05, 0) is 42.8 Å². The number of anilines is 2. The number of benzene rings is 2. The van der Waals surface area contributed by atoms with Crippen LogP contribution >= 0.6 is 11.6 Å². The fraction of sp³-hybridized carbons (Fsp3) is 0.176. The summed E-state index contributed by atoms with van der Waals surface area (Å²) in [6.07, 6.45) is 0. The molecule has 1 heterocycles. The van der Waals surface area contributed by atoms with Crippen LogP contribution in [0.3, 0.4) is 0 Å². The number of halogens is 1. The number of hydrogen-bond donors (Lipinski definition) is 1. The van der Waals surface area contributed by atoms with Crippen LogP contribution in [0.4, 0.5) is 11.4 Å². The van der Waals surface area contributed by atoms with E-state index in [2.05, 4.69) is 5.32 Å². The van der Waals surface area contributed by atoms with Gasteiger partial charge < -0.3 is 15.0 Å². The van der Waals surface area contributed by atoms with Crippen molar-refractivity contribution >= 4 is 34.9 Å². The Hall–Kier alpha value is -2.53. The molecule has 23 heavy (non-hydrogen) atoms. The second kappa shape index (κ2) is 6.30. The van der Waals surface area contributed by atoms with E-state index < -0.39 is 0 Å². The Bertz CT molecular complexity index is 776. The molecule has 1 amide bonds. The molecule has 0 fully saturated rings. The standard InChI is InChI=1S/C17H15ClN2O3/c1-11-8-12(18)6-7-13(11)19-16(21)9-20-10-17(22)23-15-5-3-2-4-14(15)20/h2-8H,9-10H2,1H3,(H,19,21). The van der Waals surface area contributed by atoms with E-state index in [1.807, 2.05) is 19.1 Å². The summed E-state index contributed by atoms with van der Waals surface area (Å²) < 4.78 is 5.17. The molecule has 1 aliphatic rings. The molecule has 0 saturated heterocycles. The molecule has 3 rings (SSSR count). The molecule has 0 bridgehead atoms. The summed E-state index contributed by atoms with van der Waals surface area (Å²) in [6.45, 7) is 1.98. The van der Waals surface area contributed by atoms with E-state index in [4.69, 9.17) is 16.3 Å². The lowest BCUT2D eigenvalue weighted by atomic mass is 10.2. The Balaban J connectivity index is 1.74. The second-order valence-corrected chi connectivity index (χ2v) is 5.74. The number of hydrogen-bond acceptors (Lipinski definition) is 4. The summed E-state index contributed by atoms with van der Waals surface area (Å²) in [5, 5.41) is 3.46. The molecule has 2 aromatic carbocycles. The minimum absolute atomic E-state index is 0.0457. The van der Waals surface area contributed by atoms with Crippen LogP contribution in [0, 0.1) is 6.92 Å². The van der Waals surface area contributed by atoms with E-state index in [9.17, 15) is 9.59 Å². The van der Waals surface area contributed by atoms with E-state index in [1.54, 1.807) is 35.2 Å². The maximum atomic E-state index is 12.3. The fourth-order valence-electron chi connectivity index (χ4n) is 2.47. The number of esters is 1. The maximum absolute atomic E-state index is 12.3. The zero-order chi connectivity index (χ0) is 16.4. The second-order valence-electron chi connectivity index (χ2n) is 5.31. The Morgan fingerprint density at radius 2 is 2.09 bits per heavy atom. The number of para-hydroxylation sites is 2. The number of rotatable bonds is 3. The zero-order valence-corrected chi connectivity index (χ0v) is 13.3. The van der Waals surface area contributed by atoms with E-state index >= 15 is 0 Å². The molecule has 1 N–H and O–H groups in total. The third-order valence-electron chi connectivity index (χ3n) is 3.55. The van der Waals surface area contributed by atoms with Gasteiger partial charge in [-0.25, -0.2) is 4.79 Å². The first-order valence-electron chi connectivity index (χ1n) is 7.13. The van der Waals surface area contributed by atoms with Crippen molar-refractivity contribution in [3.63, 3.8) is 0 Å². The van der Waals surface area contributed by atoms with Gasteiger partial charge in [0.1, 0.15) is 6.54 Å². The largest absolute Gasteiger partial charge is 0.423 e. The number of ether oxygens (including phenoxy) is 1. The first-order valence-corrected chi connectivity index (χ1v) is 7.51. The van der Waals surface area contributed by atoms with Crippen LogP contribution in [0.1, 0.15) is 5.56 Å². The van der Waals surface area contributed by atoms with Crippen molar-refractivity contribution in [1.29, 1.82) is 0 Å². The number of carbonyl (C=O) groups is 2. The summed E-state index contributed by atoms with van der Waals surface area (Å²) >= 11 is 5.91. The summed E-state index contributed by atoms with van der Waals surface area (Å²) in [6, 6.07) is 12.4. The van der Waals surface area contributed by atoms with Gasteiger partial charge in [0.25, 0.3) is 0 Å². The van der Waals surface area contributed by atoms with Gasteiger partial charge in [0, 0.05) is 10.7 Å². The first-order chi connectivity index (χ1) is 11.0. The Morgan fingerprint density at radius 1 is 1.30 bits per heavy atom. The van der Waals surface area contributed by atoms with Gasteiger partial charge in [-0.15, -0.1) is 0 Å². The Morgan fingerprint density at radius 3 is 2.87 bits per heavy atom. The van der Waals surface area contributed by atoms with Crippen molar-refractivity contribution in [2.45, 2.75) is 6.92 Å². The van der Waals surface area contributed by atoms with Gasteiger partial charge in [0.15, 0.2) is 5.75 Å². The molecular formula is C17H15ClN2O3. The molecular weight excluding hydrogens is 316 g/mol. The first kappa shape index (κ1) is 15.4. The summed E-state index contributed by atoms with van der Waals surface area (Å²) in [7, 11) is 0. The highest BCUT2D eigenvalue weighted by Gasteiger charge is 2.25. The van der Waals surface area contributed by atoms with Gasteiger partial charge in [-0.2, -0.15) is 0 Å². The minimum atomic E-state index is -0.376. The molecule has 0 saturated carbocycles. The average molecular weight is 331 g/mol. The normalized spacial score (nSPS) is 13.3. The predicted octanol–water partition coefficient (Wildman–Crippen LogP) is 3.01. The predicted molar refractivity (Wildman–Crippen MR) is 89.1 cm³/mol. The van der Waals surface area contributed by atoms with Crippen LogP contribution in [0.15, 0.2) is 42.5 Å². The van der Waals surface area contributed by atoms with Crippen molar-refractivity contribution in [3.8, 4) is 5.75 Å². The average Bonchev–Trinajstić information content (AvgIpc) is 2.50. The summed E-state index contributed by atoms with van der Waals surface area (Å²) in [5.41, 5.74) is 2.31. The molecule has 0 spiro atoms. The van der Waals surface area contributed by atoms with Gasteiger partial charge >= 0.3 is 5.97 Å². The third kappa shape index (κ3) is 3.46. The number of nitrogens with one attached hydrogen (secondary N) is 1. The zero-order valence-electron chi connectivity index (χ0n) is 12.5. The van der Waals surface area contributed by atoms with E-state index in [0.29, 0.717) is 16.5 Å². The van der Waals surface area contributed by atoms with Crippen LogP contribution in [-0.4, -0.2) is 25.0 Å². The molecule has 0 aromatic heterocycles. The summed E-state index contributed by atoms with van der Waals surface area (Å²) in [5.74, 6) is -0.113. The van der Waals surface area contributed by atoms with Crippen LogP contribution < -0.4 is 15.0 Å². The van der Waals surface area contributed by atoms with E-state index in [1.165, 1.54) is 0 Å². The van der Waals surface area contributed by atoms with Crippen LogP contribution in [0.25, 0.3) is 0 Å². The lowest BCUT2D eigenvalue weighted by Gasteiger charge is -2.29. The Kier molecular flexibility index (Phi) is 4.21. The van der Waals surface area contributed by atoms with Gasteiger partial charge in [-0.1, -0.05) is 23.7 Å². The van der Waals surface area contributed by atoms with Crippen LogP contribution in [-0.2, 0) is 9.59 Å². The highest BCUT2D eigenvalue weighted by Crippen LogP contribution is 2.31. The summed E-state index contributed by atoms with van der Waals surface area (Å²) in [4.78, 5) is 25.6. The van der Waals surface area contributed by atoms with Crippen molar-refractivity contribution in [1.82, 2.24) is 0 Å². The van der Waals surface area contributed by atoms with Crippen LogP contribution in [0.5, 0.6) is 5.75 Å². The smallest absolute Gasteiger partial charge is 0.331 e. The topological polar surface area (TPSA) is 58.6 Å². The lowest BCUT2D eigenvalue weighted by molar-refractivity contribution is -0.133. The van der Waals surface area contributed by atoms with Crippen molar-refractivity contribution < 1.29 is 14.3 Å². The molecule has 6 heteroatoms. The van der Waals surface area contributed by atoms with E-state index in [-0.39, 0.29) is 25.0 Å². The monoisotopic (exact) mass is 330 g/mol. The lowest BCUT2D eigenvalue weighted by Crippen LogP contribution is -2.41. The number of nitrogens with zero attached hydrogens (tertiary/aromatic N) is 1. The van der Waals surface area contributed by atoms with Gasteiger partial charge in [0.2, 0.25) is 5.91 Å². The van der Waals surface area contributed by atoms with Crippen LogP contribution in [0.2, 0.25) is 5.02 Å².